The Morgan fingerprint density at radius 1 is 1.06 bits per heavy atom. The first-order valence-electron chi connectivity index (χ1n) is 10.5. The molecule has 6 heteroatoms. The first-order chi connectivity index (χ1) is 15.3. The lowest BCUT2D eigenvalue weighted by atomic mass is 9.98. The Morgan fingerprint density at radius 3 is 2.38 bits per heavy atom. The number of carbonyl (C=O) groups is 2. The third kappa shape index (κ3) is 3.82. The summed E-state index contributed by atoms with van der Waals surface area (Å²) in [6.45, 7) is 8.23. The maximum Gasteiger partial charge on any atom is 0.300 e. The highest BCUT2D eigenvalue weighted by molar-refractivity contribution is 7.10. The summed E-state index contributed by atoms with van der Waals surface area (Å²) in [7, 11) is 0. The Kier molecular flexibility index (Phi) is 5.89. The smallest absolute Gasteiger partial charge is 0.300 e. The largest absolute Gasteiger partial charge is 0.507 e. The number of rotatable bonds is 5. The molecule has 2 aromatic carbocycles. The minimum atomic E-state index is -0.692. The number of nitrogens with zero attached hydrogens (tertiary/aromatic N) is 1. The Balaban J connectivity index is 1.90. The van der Waals surface area contributed by atoms with Crippen LogP contribution in [0.25, 0.3) is 5.76 Å². The lowest BCUT2D eigenvalue weighted by Gasteiger charge is -2.25. The standard InChI is InChI=1S/C26H25NO4S/c1-5-31-20-9-8-18(14-17(20)4)24(28)22-23(21-7-6-10-32-21)27(26(30)25(22)29)19-12-15(2)11-16(3)13-19/h6-14,23,28H,5H2,1-4H3/b24-22-. The topological polar surface area (TPSA) is 66.8 Å². The van der Waals surface area contributed by atoms with Crippen LogP contribution in [-0.4, -0.2) is 23.4 Å². The number of ether oxygens (including phenoxy) is 1. The van der Waals surface area contributed by atoms with Gasteiger partial charge in [-0.15, -0.1) is 11.3 Å². The monoisotopic (exact) mass is 447 g/mol. The number of Topliss-reactive ketones (excluding diaryl/α,β-unsaturated/α-hetero) is 1. The van der Waals surface area contributed by atoms with Gasteiger partial charge in [-0.05, 0) is 86.2 Å². The number of carbonyl (C=O) groups excluding carboxylic acids is 2. The minimum Gasteiger partial charge on any atom is -0.507 e. The highest BCUT2D eigenvalue weighted by atomic mass is 32.1. The summed E-state index contributed by atoms with van der Waals surface area (Å²) in [5.41, 5.74) is 4.05. The van der Waals surface area contributed by atoms with E-state index in [1.54, 1.807) is 18.2 Å². The van der Waals surface area contributed by atoms with Crippen molar-refractivity contribution >= 4 is 34.5 Å². The number of hydrogen-bond donors (Lipinski definition) is 1. The molecule has 1 aliphatic rings. The maximum absolute atomic E-state index is 13.2. The Morgan fingerprint density at radius 2 is 1.78 bits per heavy atom. The van der Waals surface area contributed by atoms with Gasteiger partial charge in [0, 0.05) is 16.1 Å². The zero-order chi connectivity index (χ0) is 23.0. The van der Waals surface area contributed by atoms with E-state index in [-0.39, 0.29) is 11.3 Å². The van der Waals surface area contributed by atoms with Gasteiger partial charge >= 0.3 is 0 Å². The Bertz CT molecular complexity index is 1210. The molecule has 32 heavy (non-hydrogen) atoms. The fourth-order valence-electron chi connectivity index (χ4n) is 4.17. The molecular formula is C26H25NO4S. The molecule has 4 rings (SSSR count). The van der Waals surface area contributed by atoms with E-state index >= 15 is 0 Å². The van der Waals surface area contributed by atoms with Crippen molar-refractivity contribution in [2.75, 3.05) is 11.5 Å². The Labute approximate surface area is 191 Å². The van der Waals surface area contributed by atoms with Crippen LogP contribution in [0.3, 0.4) is 0 Å². The Hall–Kier alpha value is -3.38. The quantitative estimate of drug-likeness (QED) is 0.310. The first kappa shape index (κ1) is 21.8. The van der Waals surface area contributed by atoms with Crippen LogP contribution in [0.4, 0.5) is 5.69 Å². The number of aryl methyl sites for hydroxylation is 3. The number of hydrogen-bond acceptors (Lipinski definition) is 5. The summed E-state index contributed by atoms with van der Waals surface area (Å²) in [5, 5.41) is 13.1. The van der Waals surface area contributed by atoms with Gasteiger partial charge in [-0.1, -0.05) is 12.1 Å². The van der Waals surface area contributed by atoms with E-state index < -0.39 is 17.7 Å². The van der Waals surface area contributed by atoms with Crippen LogP contribution in [0.1, 0.15) is 40.1 Å². The lowest BCUT2D eigenvalue weighted by molar-refractivity contribution is -0.132. The molecule has 2 heterocycles. The van der Waals surface area contributed by atoms with Crippen molar-refractivity contribution < 1.29 is 19.4 Å². The molecule has 5 nitrogen and oxygen atoms in total. The molecule has 1 aliphatic heterocycles. The molecule has 1 saturated heterocycles. The molecule has 0 bridgehead atoms. The summed E-state index contributed by atoms with van der Waals surface area (Å²) >= 11 is 1.45. The molecule has 1 aromatic heterocycles. The van der Waals surface area contributed by atoms with Crippen molar-refractivity contribution in [2.45, 2.75) is 33.7 Å². The van der Waals surface area contributed by atoms with Crippen LogP contribution >= 0.6 is 11.3 Å². The van der Waals surface area contributed by atoms with Crippen LogP contribution in [0.2, 0.25) is 0 Å². The van der Waals surface area contributed by atoms with Crippen molar-refractivity contribution in [3.63, 3.8) is 0 Å². The van der Waals surface area contributed by atoms with Crippen molar-refractivity contribution in [1.29, 1.82) is 0 Å². The molecule has 164 valence electrons. The summed E-state index contributed by atoms with van der Waals surface area (Å²) < 4.78 is 5.59. The minimum absolute atomic E-state index is 0.0974. The highest BCUT2D eigenvalue weighted by Crippen LogP contribution is 2.44. The van der Waals surface area contributed by atoms with E-state index in [9.17, 15) is 14.7 Å². The van der Waals surface area contributed by atoms with Gasteiger partial charge in [0.15, 0.2) is 0 Å². The molecule has 1 unspecified atom stereocenters. The molecule has 0 saturated carbocycles. The van der Waals surface area contributed by atoms with Gasteiger partial charge in [0.05, 0.1) is 12.2 Å². The van der Waals surface area contributed by atoms with E-state index in [1.165, 1.54) is 16.2 Å². The third-order valence-electron chi connectivity index (χ3n) is 5.49. The summed E-state index contributed by atoms with van der Waals surface area (Å²) in [6, 6.07) is 14.1. The van der Waals surface area contributed by atoms with Gasteiger partial charge in [0.2, 0.25) is 0 Å². The molecule has 1 fully saturated rings. The van der Waals surface area contributed by atoms with Crippen molar-refractivity contribution in [2.24, 2.45) is 0 Å². The molecule has 1 amide bonds. The zero-order valence-corrected chi connectivity index (χ0v) is 19.3. The van der Waals surface area contributed by atoms with Crippen LogP contribution < -0.4 is 9.64 Å². The molecule has 0 aliphatic carbocycles. The first-order valence-corrected chi connectivity index (χ1v) is 11.4. The van der Waals surface area contributed by atoms with E-state index in [1.807, 2.05) is 63.4 Å². The second-order valence-electron chi connectivity index (χ2n) is 7.94. The van der Waals surface area contributed by atoms with E-state index in [4.69, 9.17) is 4.74 Å². The van der Waals surface area contributed by atoms with Crippen molar-refractivity contribution in [3.8, 4) is 5.75 Å². The molecular weight excluding hydrogens is 422 g/mol. The SMILES string of the molecule is CCOc1ccc(/C(O)=C2/C(=O)C(=O)N(c3cc(C)cc(C)c3)C2c2cccs2)cc1C. The highest BCUT2D eigenvalue weighted by Gasteiger charge is 2.47. The van der Waals surface area contributed by atoms with Gasteiger partial charge in [-0.25, -0.2) is 0 Å². The van der Waals surface area contributed by atoms with Crippen molar-refractivity contribution in [1.82, 2.24) is 0 Å². The third-order valence-corrected chi connectivity index (χ3v) is 6.41. The molecule has 3 aromatic rings. The molecule has 1 N–H and O–H groups in total. The van der Waals surface area contributed by atoms with Crippen LogP contribution in [-0.2, 0) is 9.59 Å². The molecule has 0 radical (unpaired) electrons. The zero-order valence-electron chi connectivity index (χ0n) is 18.5. The number of ketones is 1. The molecule has 0 spiro atoms. The van der Waals surface area contributed by atoms with Crippen LogP contribution in [0.5, 0.6) is 5.75 Å². The van der Waals surface area contributed by atoms with Gasteiger partial charge in [0.25, 0.3) is 11.7 Å². The maximum atomic E-state index is 13.2. The van der Waals surface area contributed by atoms with E-state index in [0.717, 1.165) is 27.3 Å². The van der Waals surface area contributed by atoms with E-state index in [2.05, 4.69) is 0 Å². The number of amides is 1. The van der Waals surface area contributed by atoms with Crippen LogP contribution in [0.15, 0.2) is 59.5 Å². The number of aliphatic hydroxyl groups excluding tert-OH is 1. The number of thiophene rings is 1. The average molecular weight is 448 g/mol. The fourth-order valence-corrected chi connectivity index (χ4v) is 5.00. The molecule has 1 atom stereocenters. The number of aliphatic hydroxyl groups is 1. The number of benzene rings is 2. The van der Waals surface area contributed by atoms with E-state index in [0.29, 0.717) is 17.9 Å². The normalized spacial score (nSPS) is 17.8. The van der Waals surface area contributed by atoms with Gasteiger partial charge in [-0.3, -0.25) is 14.5 Å². The van der Waals surface area contributed by atoms with Gasteiger partial charge in [-0.2, -0.15) is 0 Å². The van der Waals surface area contributed by atoms with Crippen molar-refractivity contribution in [3.05, 3.63) is 86.6 Å². The van der Waals surface area contributed by atoms with Gasteiger partial charge < -0.3 is 9.84 Å². The second kappa shape index (κ2) is 8.63. The summed E-state index contributed by atoms with van der Waals surface area (Å²) in [4.78, 5) is 28.7. The second-order valence-corrected chi connectivity index (χ2v) is 8.92. The summed E-state index contributed by atoms with van der Waals surface area (Å²) in [6.07, 6.45) is 0. The van der Waals surface area contributed by atoms with Crippen LogP contribution in [0, 0.1) is 20.8 Å². The average Bonchev–Trinajstić information content (AvgIpc) is 3.35. The fraction of sp³-hybridized carbons (Fsp3) is 0.231. The predicted octanol–water partition coefficient (Wildman–Crippen LogP) is 5.70. The summed E-state index contributed by atoms with van der Waals surface area (Å²) in [5.74, 6) is -0.793. The lowest BCUT2D eigenvalue weighted by Crippen LogP contribution is -2.29. The number of anilines is 1. The predicted molar refractivity (Wildman–Crippen MR) is 127 cm³/mol. The van der Waals surface area contributed by atoms with Gasteiger partial charge in [0.1, 0.15) is 17.6 Å².